The molecule has 2 rings (SSSR count). The molecule has 0 aromatic heterocycles. The summed E-state index contributed by atoms with van der Waals surface area (Å²) in [7, 11) is 2.08. The maximum Gasteiger partial charge on any atom is 0.0317 e. The Morgan fingerprint density at radius 3 is 2.56 bits per heavy atom. The van der Waals surface area contributed by atoms with E-state index in [1.807, 2.05) is 0 Å². The van der Waals surface area contributed by atoms with Crippen molar-refractivity contribution in [1.82, 2.24) is 5.32 Å². The van der Waals surface area contributed by atoms with Gasteiger partial charge in [0.15, 0.2) is 0 Å². The molecule has 0 spiro atoms. The van der Waals surface area contributed by atoms with Crippen LogP contribution in [0.3, 0.4) is 0 Å². The molecule has 1 saturated carbocycles. The van der Waals surface area contributed by atoms with Crippen molar-refractivity contribution < 1.29 is 0 Å². The molecule has 1 unspecified atom stereocenters. The lowest BCUT2D eigenvalue weighted by Crippen LogP contribution is -2.16. The van der Waals surface area contributed by atoms with Crippen molar-refractivity contribution in [3.8, 4) is 0 Å². The van der Waals surface area contributed by atoms with Crippen molar-refractivity contribution in [2.45, 2.75) is 45.6 Å². The Labute approximate surface area is 99.3 Å². The zero-order valence-corrected chi connectivity index (χ0v) is 10.7. The van der Waals surface area contributed by atoms with Gasteiger partial charge in [-0.1, -0.05) is 31.0 Å². The third-order valence-corrected chi connectivity index (χ3v) is 3.84. The maximum atomic E-state index is 3.45. The first kappa shape index (κ1) is 11.7. The first-order valence-corrected chi connectivity index (χ1v) is 6.45. The summed E-state index contributed by atoms with van der Waals surface area (Å²) in [5.41, 5.74) is 4.25. The third-order valence-electron chi connectivity index (χ3n) is 3.84. The average molecular weight is 217 g/mol. The number of hydrogen-bond donors (Lipinski definition) is 1. The Morgan fingerprint density at radius 2 is 2.00 bits per heavy atom. The van der Waals surface area contributed by atoms with E-state index in [-0.39, 0.29) is 0 Å². The van der Waals surface area contributed by atoms with Crippen LogP contribution in [0.15, 0.2) is 18.2 Å². The van der Waals surface area contributed by atoms with E-state index in [1.165, 1.54) is 42.4 Å². The Hall–Kier alpha value is -0.820. The van der Waals surface area contributed by atoms with E-state index in [0.29, 0.717) is 6.04 Å². The van der Waals surface area contributed by atoms with Crippen molar-refractivity contribution in [2.24, 2.45) is 5.92 Å². The molecule has 88 valence electrons. The monoisotopic (exact) mass is 217 g/mol. The lowest BCUT2D eigenvalue weighted by atomic mass is 9.97. The van der Waals surface area contributed by atoms with Crippen LogP contribution in [0, 0.1) is 19.8 Å². The van der Waals surface area contributed by atoms with Gasteiger partial charge >= 0.3 is 0 Å². The summed E-state index contributed by atoms with van der Waals surface area (Å²) in [5.74, 6) is 1.03. The van der Waals surface area contributed by atoms with Crippen LogP contribution < -0.4 is 5.32 Å². The van der Waals surface area contributed by atoms with Crippen molar-refractivity contribution in [2.75, 3.05) is 7.05 Å². The van der Waals surface area contributed by atoms with E-state index in [2.05, 4.69) is 44.4 Å². The van der Waals surface area contributed by atoms with Crippen molar-refractivity contribution >= 4 is 0 Å². The standard InChI is InChI=1S/C15H23N/c1-11-4-8-14(10-12(11)2)15(16-3)9-7-13-5-6-13/h4,8,10,13,15-16H,5-7,9H2,1-3H3. The minimum Gasteiger partial charge on any atom is -0.313 e. The van der Waals surface area contributed by atoms with Crippen LogP contribution in [-0.4, -0.2) is 7.05 Å². The predicted molar refractivity (Wildman–Crippen MR) is 69.7 cm³/mol. The van der Waals surface area contributed by atoms with Crippen LogP contribution >= 0.6 is 0 Å². The number of benzene rings is 1. The minimum atomic E-state index is 0.542. The highest BCUT2D eigenvalue weighted by atomic mass is 14.9. The summed E-state index contributed by atoms with van der Waals surface area (Å²) >= 11 is 0. The van der Waals surface area contributed by atoms with Crippen LogP contribution in [0.2, 0.25) is 0 Å². The molecule has 1 aliphatic carbocycles. The summed E-state index contributed by atoms with van der Waals surface area (Å²) in [6, 6.07) is 7.39. The van der Waals surface area contributed by atoms with Gasteiger partial charge in [0.05, 0.1) is 0 Å². The second kappa shape index (κ2) is 5.01. The minimum absolute atomic E-state index is 0.542. The van der Waals surface area contributed by atoms with Gasteiger partial charge in [0.1, 0.15) is 0 Å². The molecule has 1 atom stereocenters. The van der Waals surface area contributed by atoms with Crippen LogP contribution in [0.1, 0.15) is 48.4 Å². The van der Waals surface area contributed by atoms with Gasteiger partial charge in [-0.3, -0.25) is 0 Å². The van der Waals surface area contributed by atoms with E-state index in [9.17, 15) is 0 Å². The van der Waals surface area contributed by atoms with Crippen LogP contribution in [-0.2, 0) is 0 Å². The lowest BCUT2D eigenvalue weighted by Gasteiger charge is -2.17. The highest BCUT2D eigenvalue weighted by molar-refractivity contribution is 5.31. The van der Waals surface area contributed by atoms with E-state index in [4.69, 9.17) is 0 Å². The number of hydrogen-bond acceptors (Lipinski definition) is 1. The fourth-order valence-electron chi connectivity index (χ4n) is 2.27. The molecular weight excluding hydrogens is 194 g/mol. The van der Waals surface area contributed by atoms with Crippen LogP contribution in [0.5, 0.6) is 0 Å². The normalized spacial score (nSPS) is 17.4. The second-order valence-electron chi connectivity index (χ2n) is 5.21. The molecule has 0 saturated heterocycles. The van der Waals surface area contributed by atoms with E-state index >= 15 is 0 Å². The van der Waals surface area contributed by atoms with Gasteiger partial charge in [0.25, 0.3) is 0 Å². The molecule has 1 aromatic rings. The Bertz CT molecular complexity index is 352. The first-order chi connectivity index (χ1) is 7.70. The zero-order valence-electron chi connectivity index (χ0n) is 10.7. The van der Waals surface area contributed by atoms with Gasteiger partial charge in [-0.05, 0) is 56.3 Å². The van der Waals surface area contributed by atoms with Gasteiger partial charge in [-0.15, -0.1) is 0 Å². The molecule has 1 fully saturated rings. The average Bonchev–Trinajstić information content (AvgIpc) is 3.08. The SMILES string of the molecule is CNC(CCC1CC1)c1ccc(C)c(C)c1. The molecule has 0 heterocycles. The van der Waals surface area contributed by atoms with Gasteiger partial charge in [-0.2, -0.15) is 0 Å². The van der Waals surface area contributed by atoms with Crippen molar-refractivity contribution in [1.29, 1.82) is 0 Å². The first-order valence-electron chi connectivity index (χ1n) is 6.45. The molecule has 1 aromatic carbocycles. The molecule has 0 aliphatic heterocycles. The quantitative estimate of drug-likeness (QED) is 0.792. The molecule has 1 aliphatic rings. The third kappa shape index (κ3) is 2.85. The lowest BCUT2D eigenvalue weighted by molar-refractivity contribution is 0.506. The topological polar surface area (TPSA) is 12.0 Å². The largest absolute Gasteiger partial charge is 0.313 e. The Morgan fingerprint density at radius 1 is 1.25 bits per heavy atom. The number of aryl methyl sites for hydroxylation is 2. The molecule has 0 radical (unpaired) electrons. The highest BCUT2D eigenvalue weighted by Gasteiger charge is 2.22. The van der Waals surface area contributed by atoms with Crippen molar-refractivity contribution in [3.63, 3.8) is 0 Å². The van der Waals surface area contributed by atoms with Crippen molar-refractivity contribution in [3.05, 3.63) is 34.9 Å². The zero-order chi connectivity index (χ0) is 11.5. The fourth-order valence-corrected chi connectivity index (χ4v) is 2.27. The Kier molecular flexibility index (Phi) is 3.65. The number of nitrogens with one attached hydrogen (secondary N) is 1. The summed E-state index contributed by atoms with van der Waals surface area (Å²) in [6.45, 7) is 4.38. The van der Waals surface area contributed by atoms with Crippen LogP contribution in [0.4, 0.5) is 0 Å². The molecule has 1 nitrogen and oxygen atoms in total. The van der Waals surface area contributed by atoms with Gasteiger partial charge in [-0.25, -0.2) is 0 Å². The molecule has 1 N–H and O–H groups in total. The number of rotatable bonds is 5. The Balaban J connectivity index is 2.02. The van der Waals surface area contributed by atoms with E-state index < -0.39 is 0 Å². The highest BCUT2D eigenvalue weighted by Crippen LogP contribution is 2.35. The van der Waals surface area contributed by atoms with E-state index in [0.717, 1.165) is 5.92 Å². The van der Waals surface area contributed by atoms with Crippen LogP contribution in [0.25, 0.3) is 0 Å². The second-order valence-corrected chi connectivity index (χ2v) is 5.21. The maximum absolute atomic E-state index is 3.45. The summed E-state index contributed by atoms with van der Waals surface area (Å²) in [4.78, 5) is 0. The fraction of sp³-hybridized carbons (Fsp3) is 0.600. The molecule has 16 heavy (non-hydrogen) atoms. The molecular formula is C15H23N. The molecule has 0 amide bonds. The summed E-state index contributed by atoms with van der Waals surface area (Å²) < 4.78 is 0. The van der Waals surface area contributed by atoms with Gasteiger partial charge in [0.2, 0.25) is 0 Å². The van der Waals surface area contributed by atoms with E-state index in [1.54, 1.807) is 0 Å². The predicted octanol–water partition coefficient (Wildman–Crippen LogP) is 3.75. The summed E-state index contributed by atoms with van der Waals surface area (Å²) in [6.07, 6.45) is 5.59. The smallest absolute Gasteiger partial charge is 0.0317 e. The summed E-state index contributed by atoms with van der Waals surface area (Å²) in [5, 5.41) is 3.45. The molecule has 0 bridgehead atoms. The van der Waals surface area contributed by atoms with Gasteiger partial charge in [0, 0.05) is 6.04 Å². The molecule has 1 heteroatoms. The van der Waals surface area contributed by atoms with Gasteiger partial charge < -0.3 is 5.32 Å².